The summed E-state index contributed by atoms with van der Waals surface area (Å²) in [6.07, 6.45) is 0.592. The molecule has 0 radical (unpaired) electrons. The molecule has 0 fully saturated rings. The predicted octanol–water partition coefficient (Wildman–Crippen LogP) is 4.11. The monoisotopic (exact) mass is 478 g/mol. The maximum absolute atomic E-state index is 13.3. The third-order valence-corrected chi connectivity index (χ3v) is 8.52. The van der Waals surface area contributed by atoms with Gasteiger partial charge in [0.2, 0.25) is 15.2 Å². The Morgan fingerprint density at radius 2 is 2.10 bits per heavy atom. The molecule has 2 aromatic carbocycles. The van der Waals surface area contributed by atoms with Gasteiger partial charge >= 0.3 is 0 Å². The average molecular weight is 479 g/mol. The van der Waals surface area contributed by atoms with Crippen molar-refractivity contribution in [3.8, 4) is 0 Å². The minimum atomic E-state index is -3.31. The number of hydrogen-bond acceptors (Lipinski definition) is 8. The van der Waals surface area contributed by atoms with Crippen LogP contribution < -0.4 is 9.62 Å². The van der Waals surface area contributed by atoms with Crippen LogP contribution in [0.25, 0.3) is 0 Å². The van der Waals surface area contributed by atoms with E-state index in [1.165, 1.54) is 39.5 Å². The van der Waals surface area contributed by atoms with Gasteiger partial charge in [-0.2, -0.15) is 0 Å². The lowest BCUT2D eigenvalue weighted by Gasteiger charge is -2.18. The molecular formula is C20H19FN4O3S3. The van der Waals surface area contributed by atoms with Crippen LogP contribution in [0.5, 0.6) is 0 Å². The Kier molecular flexibility index (Phi) is 6.26. The topological polar surface area (TPSA) is 92.3 Å². The lowest BCUT2D eigenvalue weighted by molar-refractivity contribution is 0.102. The Balaban J connectivity index is 1.38. The van der Waals surface area contributed by atoms with Crippen molar-refractivity contribution in [1.82, 2.24) is 10.2 Å². The molecule has 0 atom stereocenters. The van der Waals surface area contributed by atoms with E-state index in [0.29, 0.717) is 39.4 Å². The molecule has 0 saturated heterocycles. The largest absolute Gasteiger partial charge is 0.330 e. The smallest absolute Gasteiger partial charge is 0.234 e. The lowest BCUT2D eigenvalue weighted by atomic mass is 10.1. The molecule has 1 aromatic heterocycles. The molecule has 1 aliphatic heterocycles. The van der Waals surface area contributed by atoms with Crippen LogP contribution in [0.2, 0.25) is 0 Å². The van der Waals surface area contributed by atoms with Gasteiger partial charge in [0.1, 0.15) is 5.82 Å². The third-order valence-electron chi connectivity index (χ3n) is 4.76. The van der Waals surface area contributed by atoms with Gasteiger partial charge in [-0.3, -0.25) is 9.10 Å². The first-order chi connectivity index (χ1) is 14.9. The second kappa shape index (κ2) is 8.93. The number of carbonyl (C=O) groups excluding carboxylic acids is 1. The first-order valence-corrected chi connectivity index (χ1v) is 12.9. The second-order valence-electron chi connectivity index (χ2n) is 6.79. The summed E-state index contributed by atoms with van der Waals surface area (Å²) in [5.74, 6) is -0.189. The van der Waals surface area contributed by atoms with Gasteiger partial charge in [-0.25, -0.2) is 12.8 Å². The Morgan fingerprint density at radius 3 is 2.87 bits per heavy atom. The molecule has 162 valence electrons. The van der Waals surface area contributed by atoms with Crippen molar-refractivity contribution >= 4 is 55.4 Å². The Morgan fingerprint density at radius 1 is 1.26 bits per heavy atom. The number of thioether (sulfide) groups is 1. The van der Waals surface area contributed by atoms with Crippen molar-refractivity contribution in [1.29, 1.82) is 0 Å². The van der Waals surface area contributed by atoms with Gasteiger partial charge in [0.05, 0.1) is 17.2 Å². The number of carbonyl (C=O) groups is 1. The molecule has 0 spiro atoms. The zero-order valence-electron chi connectivity index (χ0n) is 16.5. The van der Waals surface area contributed by atoms with E-state index >= 15 is 0 Å². The SMILES string of the molecule is CCS(=O)(=O)N1CCc2cc(C(=O)CSc3nnc(Nc4cccc(F)c4)s3)ccc21. The molecule has 0 saturated carbocycles. The number of nitrogens with one attached hydrogen (secondary N) is 1. The summed E-state index contributed by atoms with van der Waals surface area (Å²) in [6, 6.07) is 11.2. The molecule has 4 rings (SSSR count). The van der Waals surface area contributed by atoms with E-state index in [0.717, 1.165) is 5.56 Å². The highest BCUT2D eigenvalue weighted by molar-refractivity contribution is 8.01. The van der Waals surface area contributed by atoms with Gasteiger partial charge < -0.3 is 5.32 Å². The summed E-state index contributed by atoms with van der Waals surface area (Å²) in [7, 11) is -3.31. The number of aromatic nitrogens is 2. The first kappa shape index (κ1) is 21.7. The van der Waals surface area contributed by atoms with Gasteiger partial charge in [-0.15, -0.1) is 10.2 Å². The summed E-state index contributed by atoms with van der Waals surface area (Å²) in [6.45, 7) is 2.03. The fraction of sp³-hybridized carbons (Fsp3) is 0.250. The van der Waals surface area contributed by atoms with Gasteiger partial charge in [0.15, 0.2) is 10.1 Å². The van der Waals surface area contributed by atoms with Gasteiger partial charge in [-0.05, 0) is 55.3 Å². The van der Waals surface area contributed by atoms with E-state index < -0.39 is 10.0 Å². The van der Waals surface area contributed by atoms with E-state index in [-0.39, 0.29) is 23.1 Å². The minimum Gasteiger partial charge on any atom is -0.330 e. The van der Waals surface area contributed by atoms with Gasteiger partial charge in [0.25, 0.3) is 0 Å². The third kappa shape index (κ3) is 4.89. The number of fused-ring (bicyclic) bond motifs is 1. The van der Waals surface area contributed by atoms with Crippen LogP contribution in [0, 0.1) is 5.82 Å². The maximum atomic E-state index is 13.3. The molecule has 1 N–H and O–H groups in total. The number of hydrogen-bond donors (Lipinski definition) is 1. The van der Waals surface area contributed by atoms with Crippen LogP contribution in [-0.2, 0) is 16.4 Å². The van der Waals surface area contributed by atoms with Crippen molar-refractivity contribution in [2.45, 2.75) is 17.7 Å². The van der Waals surface area contributed by atoms with Crippen molar-refractivity contribution in [2.24, 2.45) is 0 Å². The number of sulfonamides is 1. The van der Waals surface area contributed by atoms with Crippen LogP contribution in [0.3, 0.4) is 0 Å². The highest BCUT2D eigenvalue weighted by atomic mass is 32.2. The Hall–Kier alpha value is -2.50. The highest BCUT2D eigenvalue weighted by Crippen LogP contribution is 2.32. The van der Waals surface area contributed by atoms with Gasteiger partial charge in [0, 0.05) is 17.8 Å². The molecule has 31 heavy (non-hydrogen) atoms. The van der Waals surface area contributed by atoms with Crippen LogP contribution in [0.4, 0.5) is 20.9 Å². The lowest BCUT2D eigenvalue weighted by Crippen LogP contribution is -2.30. The van der Waals surface area contributed by atoms with Crippen LogP contribution in [-0.4, -0.2) is 42.4 Å². The number of rotatable bonds is 8. The number of anilines is 3. The molecule has 1 aliphatic rings. The van der Waals surface area contributed by atoms with Crippen molar-refractivity contribution < 1.29 is 17.6 Å². The maximum Gasteiger partial charge on any atom is 0.234 e. The molecule has 0 aliphatic carbocycles. The minimum absolute atomic E-state index is 0.0433. The summed E-state index contributed by atoms with van der Waals surface area (Å²) in [5, 5.41) is 11.6. The molecule has 11 heteroatoms. The molecule has 3 aromatic rings. The second-order valence-corrected chi connectivity index (χ2v) is 11.2. The summed E-state index contributed by atoms with van der Waals surface area (Å²) in [4.78, 5) is 12.6. The molecule has 0 amide bonds. The molecule has 0 unspecified atom stereocenters. The van der Waals surface area contributed by atoms with E-state index in [4.69, 9.17) is 0 Å². The summed E-state index contributed by atoms with van der Waals surface area (Å²) >= 11 is 2.55. The number of halogens is 1. The Bertz CT molecular complexity index is 1230. The molecular weight excluding hydrogens is 459 g/mol. The number of benzene rings is 2. The fourth-order valence-electron chi connectivity index (χ4n) is 3.21. The quantitative estimate of drug-likeness (QED) is 0.385. The number of ketones is 1. The zero-order valence-corrected chi connectivity index (χ0v) is 19.0. The summed E-state index contributed by atoms with van der Waals surface area (Å²) in [5.41, 5.74) is 2.64. The predicted molar refractivity (Wildman–Crippen MR) is 122 cm³/mol. The fourth-order valence-corrected chi connectivity index (χ4v) is 6.03. The van der Waals surface area contributed by atoms with E-state index in [1.807, 2.05) is 0 Å². The van der Waals surface area contributed by atoms with E-state index in [9.17, 15) is 17.6 Å². The highest BCUT2D eigenvalue weighted by Gasteiger charge is 2.28. The van der Waals surface area contributed by atoms with Crippen molar-refractivity contribution in [2.75, 3.05) is 27.7 Å². The van der Waals surface area contributed by atoms with Crippen molar-refractivity contribution in [3.63, 3.8) is 0 Å². The van der Waals surface area contributed by atoms with Crippen LogP contribution in [0.1, 0.15) is 22.8 Å². The van der Waals surface area contributed by atoms with E-state index in [1.54, 1.807) is 37.3 Å². The standard InChI is InChI=1S/C20H19FN4O3S3/c1-2-31(27,28)25-9-8-13-10-14(6-7-17(13)25)18(26)12-29-20-24-23-19(30-20)22-16-5-3-4-15(21)11-16/h3-7,10-11H,2,8-9,12H2,1H3,(H,22,23). The van der Waals surface area contributed by atoms with Crippen LogP contribution >= 0.6 is 23.1 Å². The normalized spacial score (nSPS) is 13.3. The molecule has 0 bridgehead atoms. The Labute approximate surface area is 187 Å². The molecule has 7 nitrogen and oxygen atoms in total. The van der Waals surface area contributed by atoms with Crippen molar-refractivity contribution in [3.05, 3.63) is 59.4 Å². The van der Waals surface area contributed by atoms with Crippen LogP contribution in [0.15, 0.2) is 46.8 Å². The number of Topliss-reactive ketones (excluding diaryl/α,β-unsaturated/α-hetero) is 1. The first-order valence-electron chi connectivity index (χ1n) is 9.51. The molecule has 2 heterocycles. The summed E-state index contributed by atoms with van der Waals surface area (Å²) < 4.78 is 39.7. The average Bonchev–Trinajstić information content (AvgIpc) is 3.38. The number of nitrogens with zero attached hydrogens (tertiary/aromatic N) is 3. The zero-order chi connectivity index (χ0) is 22.0. The van der Waals surface area contributed by atoms with E-state index in [2.05, 4.69) is 15.5 Å². The van der Waals surface area contributed by atoms with Gasteiger partial charge in [-0.1, -0.05) is 29.2 Å².